The minimum absolute atomic E-state index is 0.0744. The standard InChI is InChI=1S/C21H25F2NO5S/c1-24(14-17-10-11-18(29-21(22)23)19(13-17)28-2)20(25)15-30(26,27)12-6-9-16-7-4-3-5-8-16/h3-5,7-8,10-11,13,21H,6,9,12,14-15H2,1-2H3. The van der Waals surface area contributed by atoms with Crippen molar-refractivity contribution >= 4 is 15.7 Å². The van der Waals surface area contributed by atoms with Gasteiger partial charge in [0.05, 0.1) is 12.9 Å². The summed E-state index contributed by atoms with van der Waals surface area (Å²) in [5, 5.41) is 0. The lowest BCUT2D eigenvalue weighted by molar-refractivity contribution is -0.127. The van der Waals surface area contributed by atoms with Gasteiger partial charge in [-0.2, -0.15) is 8.78 Å². The second-order valence-corrected chi connectivity index (χ2v) is 8.98. The molecular weight excluding hydrogens is 416 g/mol. The zero-order chi connectivity index (χ0) is 22.1. The molecule has 0 heterocycles. The van der Waals surface area contributed by atoms with Crippen molar-refractivity contribution in [2.45, 2.75) is 26.0 Å². The van der Waals surface area contributed by atoms with Crippen molar-refractivity contribution in [2.75, 3.05) is 25.7 Å². The van der Waals surface area contributed by atoms with Gasteiger partial charge in [-0.25, -0.2) is 8.42 Å². The van der Waals surface area contributed by atoms with E-state index in [2.05, 4.69) is 4.74 Å². The first-order valence-electron chi connectivity index (χ1n) is 9.30. The van der Waals surface area contributed by atoms with Crippen molar-refractivity contribution in [3.8, 4) is 11.5 Å². The van der Waals surface area contributed by atoms with Crippen molar-refractivity contribution in [1.29, 1.82) is 0 Å². The fourth-order valence-electron chi connectivity index (χ4n) is 2.88. The van der Waals surface area contributed by atoms with Crippen LogP contribution < -0.4 is 9.47 Å². The van der Waals surface area contributed by atoms with Gasteiger partial charge in [-0.3, -0.25) is 4.79 Å². The molecule has 2 aromatic rings. The van der Waals surface area contributed by atoms with Crippen LogP contribution in [0.15, 0.2) is 48.5 Å². The number of amides is 1. The Morgan fingerprint density at radius 2 is 1.77 bits per heavy atom. The monoisotopic (exact) mass is 441 g/mol. The summed E-state index contributed by atoms with van der Waals surface area (Å²) in [6, 6.07) is 13.8. The minimum Gasteiger partial charge on any atom is -0.493 e. The van der Waals surface area contributed by atoms with Gasteiger partial charge in [0, 0.05) is 13.6 Å². The lowest BCUT2D eigenvalue weighted by Gasteiger charge is -2.18. The molecule has 0 aromatic heterocycles. The van der Waals surface area contributed by atoms with Crippen LogP contribution in [0, 0.1) is 0 Å². The Balaban J connectivity index is 1.90. The average molecular weight is 441 g/mol. The van der Waals surface area contributed by atoms with E-state index in [9.17, 15) is 22.0 Å². The molecule has 0 aliphatic carbocycles. The molecule has 0 spiro atoms. The molecule has 0 N–H and O–H groups in total. The van der Waals surface area contributed by atoms with E-state index in [0.717, 1.165) is 5.56 Å². The number of benzene rings is 2. The van der Waals surface area contributed by atoms with Gasteiger partial charge in [-0.15, -0.1) is 0 Å². The van der Waals surface area contributed by atoms with Crippen LogP contribution in [-0.2, 0) is 27.6 Å². The molecule has 164 valence electrons. The smallest absolute Gasteiger partial charge is 0.387 e. The van der Waals surface area contributed by atoms with Gasteiger partial charge in [0.15, 0.2) is 21.3 Å². The summed E-state index contributed by atoms with van der Waals surface area (Å²) >= 11 is 0. The maximum Gasteiger partial charge on any atom is 0.387 e. The summed E-state index contributed by atoms with van der Waals surface area (Å²) in [5.74, 6) is -1.22. The van der Waals surface area contributed by atoms with Crippen molar-refractivity contribution in [3.05, 3.63) is 59.7 Å². The second-order valence-electron chi connectivity index (χ2n) is 6.79. The number of aryl methyl sites for hydroxylation is 1. The molecule has 0 atom stereocenters. The third-order valence-electron chi connectivity index (χ3n) is 4.40. The van der Waals surface area contributed by atoms with Crippen LogP contribution in [0.25, 0.3) is 0 Å². The summed E-state index contributed by atoms with van der Waals surface area (Å²) in [6.07, 6.45) is 1.06. The maximum atomic E-state index is 12.4. The van der Waals surface area contributed by atoms with Gasteiger partial charge < -0.3 is 14.4 Å². The molecule has 9 heteroatoms. The number of nitrogens with zero attached hydrogens (tertiary/aromatic N) is 1. The highest BCUT2D eigenvalue weighted by atomic mass is 32.2. The number of halogens is 2. The largest absolute Gasteiger partial charge is 0.493 e. The Hall–Kier alpha value is -2.68. The van der Waals surface area contributed by atoms with E-state index in [1.165, 1.54) is 37.3 Å². The van der Waals surface area contributed by atoms with E-state index >= 15 is 0 Å². The van der Waals surface area contributed by atoms with Gasteiger partial charge >= 0.3 is 6.61 Å². The topological polar surface area (TPSA) is 72.9 Å². The van der Waals surface area contributed by atoms with Gasteiger partial charge in [0.25, 0.3) is 0 Å². The van der Waals surface area contributed by atoms with Crippen LogP contribution >= 0.6 is 0 Å². The average Bonchev–Trinajstić information content (AvgIpc) is 2.69. The fraction of sp³-hybridized carbons (Fsp3) is 0.381. The Kier molecular flexibility index (Phi) is 8.58. The highest BCUT2D eigenvalue weighted by Crippen LogP contribution is 2.29. The highest BCUT2D eigenvalue weighted by molar-refractivity contribution is 7.92. The predicted octanol–water partition coefficient (Wildman–Crippen LogP) is 3.30. The van der Waals surface area contributed by atoms with Crippen LogP contribution in [0.1, 0.15) is 17.5 Å². The molecule has 6 nitrogen and oxygen atoms in total. The number of ether oxygens (including phenoxy) is 2. The summed E-state index contributed by atoms with van der Waals surface area (Å²) in [5.41, 5.74) is 1.63. The summed E-state index contributed by atoms with van der Waals surface area (Å²) < 4.78 is 58.8. The zero-order valence-corrected chi connectivity index (χ0v) is 17.7. The first-order valence-corrected chi connectivity index (χ1v) is 11.1. The van der Waals surface area contributed by atoms with E-state index in [1.807, 2.05) is 30.3 Å². The molecule has 0 saturated heterocycles. The van der Waals surface area contributed by atoms with Crippen LogP contribution in [0.2, 0.25) is 0 Å². The normalized spacial score (nSPS) is 11.4. The molecule has 0 saturated carbocycles. The SMILES string of the molecule is COc1cc(CN(C)C(=O)CS(=O)(=O)CCCc2ccccc2)ccc1OC(F)F. The van der Waals surface area contributed by atoms with Crippen molar-refractivity contribution < 1.29 is 31.5 Å². The number of methoxy groups -OCH3 is 1. The molecular formula is C21H25F2NO5S. The highest BCUT2D eigenvalue weighted by Gasteiger charge is 2.20. The molecule has 0 bridgehead atoms. The van der Waals surface area contributed by atoms with Crippen LogP contribution in [0.4, 0.5) is 8.78 Å². The second kappa shape index (κ2) is 10.9. The summed E-state index contributed by atoms with van der Waals surface area (Å²) in [7, 11) is -0.743. The van der Waals surface area contributed by atoms with Crippen LogP contribution in [-0.4, -0.2) is 51.5 Å². The van der Waals surface area contributed by atoms with E-state index < -0.39 is 28.1 Å². The third kappa shape index (κ3) is 7.62. The van der Waals surface area contributed by atoms with Crippen molar-refractivity contribution in [1.82, 2.24) is 4.90 Å². The Morgan fingerprint density at radius 1 is 1.07 bits per heavy atom. The Bertz CT molecular complexity index is 936. The third-order valence-corrected chi connectivity index (χ3v) is 5.99. The number of carbonyl (C=O) groups excluding carboxylic acids is 1. The Morgan fingerprint density at radius 3 is 2.40 bits per heavy atom. The molecule has 0 fully saturated rings. The molecule has 0 radical (unpaired) electrons. The number of alkyl halides is 2. The van der Waals surface area contributed by atoms with Gasteiger partial charge in [0.2, 0.25) is 5.91 Å². The lowest BCUT2D eigenvalue weighted by Crippen LogP contribution is -2.33. The molecule has 30 heavy (non-hydrogen) atoms. The number of sulfone groups is 1. The van der Waals surface area contributed by atoms with Crippen LogP contribution in [0.5, 0.6) is 11.5 Å². The molecule has 2 aromatic carbocycles. The van der Waals surface area contributed by atoms with Gasteiger partial charge in [0.1, 0.15) is 5.75 Å². The van der Waals surface area contributed by atoms with E-state index in [4.69, 9.17) is 4.74 Å². The minimum atomic E-state index is -3.54. The van der Waals surface area contributed by atoms with Crippen LogP contribution in [0.3, 0.4) is 0 Å². The molecule has 1 amide bonds. The number of hydrogen-bond donors (Lipinski definition) is 0. The molecule has 0 unspecified atom stereocenters. The predicted molar refractivity (Wildman–Crippen MR) is 110 cm³/mol. The van der Waals surface area contributed by atoms with Crippen molar-refractivity contribution in [2.24, 2.45) is 0 Å². The first kappa shape index (κ1) is 23.6. The number of carbonyl (C=O) groups is 1. The first-order chi connectivity index (χ1) is 14.2. The van der Waals surface area contributed by atoms with Crippen molar-refractivity contribution in [3.63, 3.8) is 0 Å². The van der Waals surface area contributed by atoms with E-state index in [-0.39, 0.29) is 23.8 Å². The molecule has 2 rings (SSSR count). The zero-order valence-electron chi connectivity index (χ0n) is 16.9. The number of hydrogen-bond acceptors (Lipinski definition) is 5. The van der Waals surface area contributed by atoms with Gasteiger partial charge in [-0.05, 0) is 36.1 Å². The molecule has 0 aliphatic heterocycles. The maximum absolute atomic E-state index is 12.4. The molecule has 0 aliphatic rings. The quantitative estimate of drug-likeness (QED) is 0.535. The Labute approximate surface area is 175 Å². The lowest BCUT2D eigenvalue weighted by atomic mass is 10.1. The summed E-state index contributed by atoms with van der Waals surface area (Å²) in [4.78, 5) is 13.6. The fourth-order valence-corrected chi connectivity index (χ4v) is 4.20. The van der Waals surface area contributed by atoms with E-state index in [1.54, 1.807) is 0 Å². The van der Waals surface area contributed by atoms with E-state index in [0.29, 0.717) is 18.4 Å². The summed E-state index contributed by atoms with van der Waals surface area (Å²) in [6.45, 7) is -2.88. The number of rotatable bonds is 11. The van der Waals surface area contributed by atoms with Gasteiger partial charge in [-0.1, -0.05) is 36.4 Å².